The molecule has 1 fully saturated rings. The number of carbonyl (C=O) groups excluding carboxylic acids is 2. The van der Waals surface area contributed by atoms with Gasteiger partial charge in [-0.25, -0.2) is 4.79 Å². The van der Waals surface area contributed by atoms with Crippen LogP contribution in [0.15, 0.2) is 84.9 Å². The summed E-state index contributed by atoms with van der Waals surface area (Å²) in [4.78, 5) is 27.9. The van der Waals surface area contributed by atoms with Crippen LogP contribution in [0.5, 0.6) is 11.5 Å². The Morgan fingerprint density at radius 2 is 1.40 bits per heavy atom. The molecule has 150 valence electrons. The van der Waals surface area contributed by atoms with Crippen LogP contribution in [-0.2, 0) is 10.3 Å². The van der Waals surface area contributed by atoms with Crippen molar-refractivity contribution in [1.82, 2.24) is 10.2 Å². The predicted octanol–water partition coefficient (Wildman–Crippen LogP) is 3.32. The van der Waals surface area contributed by atoms with Crippen LogP contribution >= 0.6 is 0 Å². The smallest absolute Gasteiger partial charge is 0.325 e. The number of ether oxygens (including phenoxy) is 2. The summed E-state index contributed by atoms with van der Waals surface area (Å²) < 4.78 is 11.7. The molecule has 6 nitrogen and oxygen atoms in total. The normalized spacial score (nSPS) is 19.5. The number of urea groups is 1. The zero-order valence-electron chi connectivity index (χ0n) is 16.2. The monoisotopic (exact) mass is 400 g/mol. The number of rotatable bonds is 4. The summed E-state index contributed by atoms with van der Waals surface area (Å²) in [5.74, 6) is 0.944. The van der Waals surface area contributed by atoms with Crippen molar-refractivity contribution in [2.45, 2.75) is 11.6 Å². The van der Waals surface area contributed by atoms with Gasteiger partial charge in [0.25, 0.3) is 5.91 Å². The number of amides is 3. The van der Waals surface area contributed by atoms with E-state index in [9.17, 15) is 9.59 Å². The van der Waals surface area contributed by atoms with Crippen molar-refractivity contribution in [2.75, 3.05) is 13.2 Å². The molecule has 1 atom stereocenters. The molecular weight excluding hydrogens is 380 g/mol. The van der Waals surface area contributed by atoms with Crippen LogP contribution in [0.2, 0.25) is 0 Å². The third-order valence-corrected chi connectivity index (χ3v) is 5.47. The van der Waals surface area contributed by atoms with Gasteiger partial charge >= 0.3 is 6.03 Å². The third-order valence-electron chi connectivity index (χ3n) is 5.47. The molecule has 3 aromatic rings. The highest BCUT2D eigenvalue weighted by Gasteiger charge is 2.54. The van der Waals surface area contributed by atoms with Crippen molar-refractivity contribution >= 4 is 11.9 Å². The molecular formula is C24H20N2O4. The Labute approximate surface area is 174 Å². The number of fused-ring (bicyclic) bond motifs is 1. The lowest BCUT2D eigenvalue weighted by atomic mass is 9.82. The van der Waals surface area contributed by atoms with Crippen LogP contribution in [0.3, 0.4) is 0 Å². The Morgan fingerprint density at radius 3 is 2.03 bits per heavy atom. The molecule has 0 bridgehead atoms. The van der Waals surface area contributed by atoms with Gasteiger partial charge in [-0.2, -0.15) is 0 Å². The van der Waals surface area contributed by atoms with E-state index >= 15 is 0 Å². The minimum atomic E-state index is -1.27. The fraction of sp³-hybridized carbons (Fsp3) is 0.167. The summed E-state index contributed by atoms with van der Waals surface area (Å²) in [6.45, 7) is 0.359. The molecule has 30 heavy (non-hydrogen) atoms. The van der Waals surface area contributed by atoms with Crippen molar-refractivity contribution < 1.29 is 19.1 Å². The summed E-state index contributed by atoms with van der Waals surface area (Å²) in [6.07, 6.45) is -0.447. The predicted molar refractivity (Wildman–Crippen MR) is 110 cm³/mol. The van der Waals surface area contributed by atoms with Crippen LogP contribution in [0, 0.1) is 0 Å². The number of imide groups is 1. The zero-order valence-corrected chi connectivity index (χ0v) is 16.2. The van der Waals surface area contributed by atoms with Crippen molar-refractivity contribution in [3.05, 3.63) is 96.1 Å². The molecule has 0 saturated carbocycles. The van der Waals surface area contributed by atoms with E-state index in [2.05, 4.69) is 5.32 Å². The number of nitrogens with zero attached hydrogens (tertiary/aromatic N) is 1. The molecule has 0 aromatic heterocycles. The molecule has 0 spiro atoms. The van der Waals surface area contributed by atoms with E-state index in [1.165, 1.54) is 4.90 Å². The number of hydrogen-bond donors (Lipinski definition) is 1. The van der Waals surface area contributed by atoms with E-state index < -0.39 is 17.7 Å². The maximum Gasteiger partial charge on any atom is 0.325 e. The summed E-state index contributed by atoms with van der Waals surface area (Å²) >= 11 is 0. The molecule has 0 radical (unpaired) electrons. The maximum absolute atomic E-state index is 13.7. The number of hydrogen-bond acceptors (Lipinski definition) is 4. The van der Waals surface area contributed by atoms with Gasteiger partial charge in [0.1, 0.15) is 6.61 Å². The average Bonchev–Trinajstić information content (AvgIpc) is 3.06. The van der Waals surface area contributed by atoms with Gasteiger partial charge in [-0.1, -0.05) is 72.8 Å². The lowest BCUT2D eigenvalue weighted by Crippen LogP contribution is -2.47. The molecule has 6 heteroatoms. The van der Waals surface area contributed by atoms with Gasteiger partial charge < -0.3 is 14.8 Å². The Morgan fingerprint density at radius 1 is 0.833 bits per heavy atom. The first kappa shape index (κ1) is 18.2. The molecule has 0 aliphatic carbocycles. The van der Waals surface area contributed by atoms with E-state index in [-0.39, 0.29) is 19.1 Å². The molecule has 5 rings (SSSR count). The largest absolute Gasteiger partial charge is 0.486 e. The average molecular weight is 400 g/mol. The minimum absolute atomic E-state index is 0.0976. The van der Waals surface area contributed by atoms with Crippen LogP contribution in [0.25, 0.3) is 0 Å². The molecule has 3 amide bonds. The highest BCUT2D eigenvalue weighted by atomic mass is 16.6. The summed E-state index contributed by atoms with van der Waals surface area (Å²) in [7, 11) is 0. The quantitative estimate of drug-likeness (QED) is 0.683. The second-order valence-electron chi connectivity index (χ2n) is 7.33. The van der Waals surface area contributed by atoms with Crippen LogP contribution in [-0.4, -0.2) is 36.1 Å². The molecule has 2 heterocycles. The van der Waals surface area contributed by atoms with Crippen molar-refractivity contribution in [1.29, 1.82) is 0 Å². The van der Waals surface area contributed by atoms with Crippen molar-refractivity contribution in [2.24, 2.45) is 0 Å². The molecule has 1 unspecified atom stereocenters. The molecule has 2 aliphatic rings. The number of carbonyl (C=O) groups is 2. The lowest BCUT2D eigenvalue weighted by molar-refractivity contribution is -0.131. The first-order chi connectivity index (χ1) is 14.7. The lowest BCUT2D eigenvalue weighted by Gasteiger charge is -2.30. The Balaban J connectivity index is 1.48. The number of nitrogens with one attached hydrogen (secondary N) is 1. The number of benzene rings is 3. The first-order valence-corrected chi connectivity index (χ1v) is 9.82. The third kappa shape index (κ3) is 2.88. The summed E-state index contributed by atoms with van der Waals surface area (Å²) in [6, 6.07) is 25.5. The SMILES string of the molecule is O=C1NC(c2ccccc2)(c2ccccc2)C(=O)N1CC1COc2ccccc2O1. The van der Waals surface area contributed by atoms with Gasteiger partial charge in [0, 0.05) is 0 Å². The van der Waals surface area contributed by atoms with Crippen LogP contribution in [0.1, 0.15) is 11.1 Å². The number of para-hydroxylation sites is 2. The zero-order chi connectivity index (χ0) is 20.6. The van der Waals surface area contributed by atoms with Gasteiger partial charge in [-0.05, 0) is 23.3 Å². The Bertz CT molecular complexity index is 1050. The van der Waals surface area contributed by atoms with Crippen molar-refractivity contribution in [3.8, 4) is 11.5 Å². The second-order valence-corrected chi connectivity index (χ2v) is 7.33. The van der Waals surface area contributed by atoms with Gasteiger partial charge in [0.2, 0.25) is 0 Å². The van der Waals surface area contributed by atoms with Gasteiger partial charge in [0.15, 0.2) is 23.1 Å². The molecule has 3 aromatic carbocycles. The Kier molecular flexibility index (Phi) is 4.39. The first-order valence-electron chi connectivity index (χ1n) is 9.82. The van der Waals surface area contributed by atoms with Crippen LogP contribution < -0.4 is 14.8 Å². The molecule has 1 saturated heterocycles. The summed E-state index contributed by atoms with van der Waals surface area (Å²) in [5.41, 5.74) is 0.152. The molecule has 1 N–H and O–H groups in total. The van der Waals surface area contributed by atoms with Crippen LogP contribution in [0.4, 0.5) is 4.79 Å². The van der Waals surface area contributed by atoms with E-state index in [1.807, 2.05) is 84.9 Å². The van der Waals surface area contributed by atoms with E-state index in [1.54, 1.807) is 0 Å². The fourth-order valence-corrected chi connectivity index (χ4v) is 4.03. The van der Waals surface area contributed by atoms with Gasteiger partial charge in [-0.15, -0.1) is 0 Å². The van der Waals surface area contributed by atoms with E-state index in [0.717, 1.165) is 0 Å². The fourth-order valence-electron chi connectivity index (χ4n) is 4.03. The van der Waals surface area contributed by atoms with Gasteiger partial charge in [-0.3, -0.25) is 9.69 Å². The van der Waals surface area contributed by atoms with Crippen molar-refractivity contribution in [3.63, 3.8) is 0 Å². The van der Waals surface area contributed by atoms with Gasteiger partial charge in [0.05, 0.1) is 6.54 Å². The van der Waals surface area contributed by atoms with E-state index in [4.69, 9.17) is 9.47 Å². The second kappa shape index (κ2) is 7.22. The standard InChI is InChI=1S/C24H20N2O4/c27-22-24(17-9-3-1-4-10-17,18-11-5-2-6-12-18)25-23(28)26(22)15-19-16-29-20-13-7-8-14-21(20)30-19/h1-14,19H,15-16H2,(H,25,28). The minimum Gasteiger partial charge on any atom is -0.486 e. The highest BCUT2D eigenvalue weighted by molar-refractivity contribution is 6.09. The Hall–Kier alpha value is -3.80. The molecule has 2 aliphatic heterocycles. The maximum atomic E-state index is 13.7. The topological polar surface area (TPSA) is 67.9 Å². The highest BCUT2D eigenvalue weighted by Crippen LogP contribution is 2.37. The summed E-state index contributed by atoms with van der Waals surface area (Å²) in [5, 5.41) is 2.95. The van der Waals surface area contributed by atoms with E-state index in [0.29, 0.717) is 22.6 Å².